The Morgan fingerprint density at radius 2 is 1.89 bits per heavy atom. The van der Waals surface area contributed by atoms with E-state index in [-0.39, 0.29) is 5.91 Å². The third-order valence-electron chi connectivity index (χ3n) is 2.74. The van der Waals surface area contributed by atoms with Gasteiger partial charge in [0, 0.05) is 18.1 Å². The van der Waals surface area contributed by atoms with Crippen LogP contribution >= 0.6 is 43.2 Å². The van der Waals surface area contributed by atoms with Crippen molar-refractivity contribution in [2.24, 2.45) is 0 Å². The second kappa shape index (κ2) is 6.68. The van der Waals surface area contributed by atoms with E-state index in [0.29, 0.717) is 13.0 Å². The highest BCUT2D eigenvalue weighted by Crippen LogP contribution is 2.21. The van der Waals surface area contributed by atoms with Crippen LogP contribution < -0.4 is 0 Å². The SMILES string of the molecule is CN(Cc1csc(Br)c1)C(=O)Cc1ccc(Br)cc1. The van der Waals surface area contributed by atoms with Crippen LogP contribution in [0.15, 0.2) is 44.0 Å². The number of amides is 1. The lowest BCUT2D eigenvalue weighted by Crippen LogP contribution is -2.27. The number of rotatable bonds is 4. The number of hydrogen-bond acceptors (Lipinski definition) is 2. The fourth-order valence-corrected chi connectivity index (χ4v) is 3.17. The summed E-state index contributed by atoms with van der Waals surface area (Å²) in [6, 6.07) is 9.90. The van der Waals surface area contributed by atoms with Crippen molar-refractivity contribution < 1.29 is 4.79 Å². The van der Waals surface area contributed by atoms with Crippen molar-refractivity contribution in [1.29, 1.82) is 0 Å². The number of nitrogens with zero attached hydrogens (tertiary/aromatic N) is 1. The number of thiophene rings is 1. The van der Waals surface area contributed by atoms with Crippen LogP contribution in [0.4, 0.5) is 0 Å². The maximum atomic E-state index is 12.1. The number of carbonyl (C=O) groups excluding carboxylic acids is 1. The molecule has 0 bridgehead atoms. The van der Waals surface area contributed by atoms with Crippen LogP contribution in [0.25, 0.3) is 0 Å². The summed E-state index contributed by atoms with van der Waals surface area (Å²) in [4.78, 5) is 13.9. The molecule has 0 atom stereocenters. The Hall–Kier alpha value is -0.650. The number of carbonyl (C=O) groups is 1. The summed E-state index contributed by atoms with van der Waals surface area (Å²) >= 11 is 8.46. The molecule has 0 radical (unpaired) electrons. The summed E-state index contributed by atoms with van der Waals surface area (Å²) in [5, 5.41) is 2.06. The quantitative estimate of drug-likeness (QED) is 0.738. The van der Waals surface area contributed by atoms with E-state index < -0.39 is 0 Å². The second-order valence-electron chi connectivity index (χ2n) is 4.31. The molecule has 19 heavy (non-hydrogen) atoms. The molecule has 1 amide bonds. The minimum atomic E-state index is 0.129. The molecule has 0 fully saturated rings. The molecule has 2 nitrogen and oxygen atoms in total. The van der Waals surface area contributed by atoms with E-state index in [2.05, 4.69) is 37.2 Å². The molecule has 100 valence electrons. The van der Waals surface area contributed by atoms with Crippen LogP contribution in [-0.2, 0) is 17.8 Å². The summed E-state index contributed by atoms with van der Waals surface area (Å²) in [5.41, 5.74) is 2.19. The Morgan fingerprint density at radius 1 is 1.21 bits per heavy atom. The molecule has 0 unspecified atom stereocenters. The normalized spacial score (nSPS) is 10.5. The van der Waals surface area contributed by atoms with Crippen molar-refractivity contribution in [2.45, 2.75) is 13.0 Å². The summed E-state index contributed by atoms with van der Waals surface area (Å²) in [6.07, 6.45) is 0.440. The summed E-state index contributed by atoms with van der Waals surface area (Å²) < 4.78 is 2.12. The minimum Gasteiger partial charge on any atom is -0.341 e. The Morgan fingerprint density at radius 3 is 2.47 bits per heavy atom. The fourth-order valence-electron chi connectivity index (χ4n) is 1.70. The average Bonchev–Trinajstić information content (AvgIpc) is 2.77. The van der Waals surface area contributed by atoms with Gasteiger partial charge in [-0.15, -0.1) is 11.3 Å². The maximum absolute atomic E-state index is 12.1. The van der Waals surface area contributed by atoms with Gasteiger partial charge in [-0.2, -0.15) is 0 Å². The standard InChI is InChI=1S/C14H13Br2NOS/c1-17(8-11-6-13(16)19-9-11)14(18)7-10-2-4-12(15)5-3-10/h2-6,9H,7-8H2,1H3. The van der Waals surface area contributed by atoms with Crippen LogP contribution in [-0.4, -0.2) is 17.9 Å². The van der Waals surface area contributed by atoms with Crippen LogP contribution in [0, 0.1) is 0 Å². The molecule has 0 aliphatic heterocycles. The van der Waals surface area contributed by atoms with Gasteiger partial charge in [-0.1, -0.05) is 28.1 Å². The van der Waals surface area contributed by atoms with E-state index in [4.69, 9.17) is 0 Å². The van der Waals surface area contributed by atoms with Gasteiger partial charge in [0.25, 0.3) is 0 Å². The van der Waals surface area contributed by atoms with Crippen LogP contribution in [0.5, 0.6) is 0 Å². The van der Waals surface area contributed by atoms with Crippen molar-refractivity contribution >= 4 is 49.1 Å². The number of likely N-dealkylation sites (N-methyl/N-ethyl adjacent to an activating group) is 1. The van der Waals surface area contributed by atoms with E-state index in [9.17, 15) is 4.79 Å². The van der Waals surface area contributed by atoms with Crippen molar-refractivity contribution in [2.75, 3.05) is 7.05 Å². The van der Waals surface area contributed by atoms with Crippen LogP contribution in [0.3, 0.4) is 0 Å². The molecule has 2 aromatic rings. The minimum absolute atomic E-state index is 0.129. The topological polar surface area (TPSA) is 20.3 Å². The van der Waals surface area contributed by atoms with Gasteiger partial charge in [-0.3, -0.25) is 4.79 Å². The van der Waals surface area contributed by atoms with Crippen molar-refractivity contribution in [3.05, 3.63) is 55.1 Å². The molecule has 0 aliphatic carbocycles. The van der Waals surface area contributed by atoms with Gasteiger partial charge in [0.15, 0.2) is 0 Å². The predicted octanol–water partition coefficient (Wildman–Crippen LogP) is 4.47. The summed E-state index contributed by atoms with van der Waals surface area (Å²) in [7, 11) is 1.84. The van der Waals surface area contributed by atoms with E-state index in [1.54, 1.807) is 16.2 Å². The summed E-state index contributed by atoms with van der Waals surface area (Å²) in [5.74, 6) is 0.129. The Labute approximate surface area is 133 Å². The maximum Gasteiger partial charge on any atom is 0.227 e. The molecule has 1 aromatic carbocycles. The van der Waals surface area contributed by atoms with Gasteiger partial charge >= 0.3 is 0 Å². The van der Waals surface area contributed by atoms with Crippen molar-refractivity contribution in [3.63, 3.8) is 0 Å². The van der Waals surface area contributed by atoms with Gasteiger partial charge in [0.1, 0.15) is 0 Å². The number of halogens is 2. The third kappa shape index (κ3) is 4.44. The number of benzene rings is 1. The molecule has 0 N–H and O–H groups in total. The van der Waals surface area contributed by atoms with Crippen molar-refractivity contribution in [3.8, 4) is 0 Å². The lowest BCUT2D eigenvalue weighted by molar-refractivity contribution is -0.129. The molecule has 1 heterocycles. The van der Waals surface area contributed by atoms with E-state index in [1.165, 1.54) is 0 Å². The highest BCUT2D eigenvalue weighted by atomic mass is 79.9. The predicted molar refractivity (Wildman–Crippen MR) is 86.3 cm³/mol. The molecule has 0 saturated carbocycles. The van der Waals surface area contributed by atoms with Gasteiger partial charge in [0.05, 0.1) is 10.2 Å². The third-order valence-corrected chi connectivity index (χ3v) is 4.82. The Bertz CT molecular complexity index is 565. The molecule has 0 spiro atoms. The zero-order valence-electron chi connectivity index (χ0n) is 10.4. The fraction of sp³-hybridized carbons (Fsp3) is 0.214. The van der Waals surface area contributed by atoms with Crippen molar-refractivity contribution in [1.82, 2.24) is 4.90 Å². The molecule has 0 aliphatic rings. The van der Waals surface area contributed by atoms with Gasteiger partial charge in [-0.05, 0) is 50.6 Å². The molecule has 0 saturated heterocycles. The van der Waals surface area contributed by atoms with Gasteiger partial charge < -0.3 is 4.90 Å². The van der Waals surface area contributed by atoms with Gasteiger partial charge in [-0.25, -0.2) is 0 Å². The average molecular weight is 403 g/mol. The summed E-state index contributed by atoms with van der Waals surface area (Å²) in [6.45, 7) is 0.650. The number of hydrogen-bond donors (Lipinski definition) is 0. The highest BCUT2D eigenvalue weighted by molar-refractivity contribution is 9.11. The van der Waals surface area contributed by atoms with Gasteiger partial charge in [0.2, 0.25) is 5.91 Å². The first-order chi connectivity index (χ1) is 9.04. The largest absolute Gasteiger partial charge is 0.341 e. The van der Waals surface area contributed by atoms with E-state index >= 15 is 0 Å². The first-order valence-electron chi connectivity index (χ1n) is 5.76. The van der Waals surface area contributed by atoms with E-state index in [1.807, 2.05) is 37.4 Å². The first kappa shape index (κ1) is 14.8. The monoisotopic (exact) mass is 401 g/mol. The molecular formula is C14H13Br2NOS. The Balaban J connectivity index is 1.94. The zero-order valence-corrected chi connectivity index (χ0v) is 14.4. The van der Waals surface area contributed by atoms with Crippen LogP contribution in [0.1, 0.15) is 11.1 Å². The smallest absolute Gasteiger partial charge is 0.227 e. The Kier molecular flexibility index (Phi) is 5.19. The lowest BCUT2D eigenvalue weighted by atomic mass is 10.1. The highest BCUT2D eigenvalue weighted by Gasteiger charge is 2.11. The zero-order chi connectivity index (χ0) is 13.8. The second-order valence-corrected chi connectivity index (χ2v) is 7.52. The molecule has 1 aromatic heterocycles. The molecule has 5 heteroatoms. The lowest BCUT2D eigenvalue weighted by Gasteiger charge is -2.16. The van der Waals surface area contributed by atoms with Crippen LogP contribution in [0.2, 0.25) is 0 Å². The van der Waals surface area contributed by atoms with E-state index in [0.717, 1.165) is 19.4 Å². The first-order valence-corrected chi connectivity index (χ1v) is 8.22. The molecule has 2 rings (SSSR count). The molecular weight excluding hydrogens is 390 g/mol.